The zero-order valence-corrected chi connectivity index (χ0v) is 16.6. The minimum absolute atomic E-state index is 0.00999. The Morgan fingerprint density at radius 3 is 2.62 bits per heavy atom. The number of nitrogens with zero attached hydrogens (tertiary/aromatic N) is 2. The van der Waals surface area contributed by atoms with Gasteiger partial charge in [-0.3, -0.25) is 9.69 Å². The van der Waals surface area contributed by atoms with E-state index in [1.54, 1.807) is 11.3 Å². The SMILES string of the molecule is CCOC(=O)C1(CCc2ccccc2)CCN(Cc2cnc(C)s2)CC1. The molecule has 0 atom stereocenters. The minimum Gasteiger partial charge on any atom is -0.466 e. The van der Waals surface area contributed by atoms with Gasteiger partial charge >= 0.3 is 5.97 Å². The van der Waals surface area contributed by atoms with E-state index in [2.05, 4.69) is 34.1 Å². The van der Waals surface area contributed by atoms with Crippen LogP contribution in [0.3, 0.4) is 0 Å². The molecule has 2 heterocycles. The van der Waals surface area contributed by atoms with Crippen LogP contribution in [0.5, 0.6) is 0 Å². The highest BCUT2D eigenvalue weighted by Gasteiger charge is 2.42. The van der Waals surface area contributed by atoms with Gasteiger partial charge in [-0.25, -0.2) is 4.98 Å². The molecule has 1 aliphatic rings. The number of rotatable bonds is 7. The quantitative estimate of drug-likeness (QED) is 0.682. The van der Waals surface area contributed by atoms with Gasteiger partial charge < -0.3 is 4.74 Å². The zero-order valence-electron chi connectivity index (χ0n) is 15.7. The van der Waals surface area contributed by atoms with Gasteiger partial charge in [0, 0.05) is 17.6 Å². The molecule has 0 saturated carbocycles. The van der Waals surface area contributed by atoms with Crippen LogP contribution in [-0.2, 0) is 22.5 Å². The van der Waals surface area contributed by atoms with Crippen LogP contribution in [0.4, 0.5) is 0 Å². The van der Waals surface area contributed by atoms with Gasteiger partial charge in [-0.15, -0.1) is 11.3 Å². The van der Waals surface area contributed by atoms with Crippen molar-refractivity contribution in [3.05, 3.63) is 52.0 Å². The second-order valence-electron chi connectivity index (χ2n) is 7.11. The van der Waals surface area contributed by atoms with Crippen LogP contribution in [0.25, 0.3) is 0 Å². The molecule has 0 spiro atoms. The summed E-state index contributed by atoms with van der Waals surface area (Å²) in [7, 11) is 0. The molecule has 1 aliphatic heterocycles. The molecular formula is C21H28N2O2S. The van der Waals surface area contributed by atoms with E-state index in [4.69, 9.17) is 4.74 Å². The Morgan fingerprint density at radius 1 is 1.27 bits per heavy atom. The Bertz CT molecular complexity index is 706. The van der Waals surface area contributed by atoms with Crippen LogP contribution >= 0.6 is 11.3 Å². The lowest BCUT2D eigenvalue weighted by Crippen LogP contribution is -2.45. The fourth-order valence-electron chi connectivity index (χ4n) is 3.71. The van der Waals surface area contributed by atoms with Crippen LogP contribution in [-0.4, -0.2) is 35.5 Å². The molecule has 1 aromatic carbocycles. The smallest absolute Gasteiger partial charge is 0.312 e. The maximum Gasteiger partial charge on any atom is 0.312 e. The van der Waals surface area contributed by atoms with Gasteiger partial charge in [0.05, 0.1) is 17.0 Å². The van der Waals surface area contributed by atoms with Crippen molar-refractivity contribution in [3.8, 4) is 0 Å². The number of carbonyl (C=O) groups is 1. The van der Waals surface area contributed by atoms with Crippen LogP contribution in [0.1, 0.15) is 41.6 Å². The number of aryl methyl sites for hydroxylation is 2. The van der Waals surface area contributed by atoms with Crippen molar-refractivity contribution < 1.29 is 9.53 Å². The van der Waals surface area contributed by atoms with E-state index in [0.29, 0.717) is 6.61 Å². The third kappa shape index (κ3) is 4.71. The van der Waals surface area contributed by atoms with Crippen molar-refractivity contribution >= 4 is 17.3 Å². The number of ether oxygens (including phenoxy) is 1. The summed E-state index contributed by atoms with van der Waals surface area (Å²) in [6.07, 6.45) is 5.51. The molecule has 0 N–H and O–H groups in total. The first-order valence-corrected chi connectivity index (χ1v) is 10.3. The maximum atomic E-state index is 12.8. The summed E-state index contributed by atoms with van der Waals surface area (Å²) in [5.74, 6) is -0.00999. The molecule has 2 aromatic rings. The molecule has 0 unspecified atom stereocenters. The van der Waals surface area contributed by atoms with E-state index in [1.807, 2.05) is 26.1 Å². The first-order valence-electron chi connectivity index (χ1n) is 9.46. The molecular weight excluding hydrogens is 344 g/mol. The number of hydrogen-bond acceptors (Lipinski definition) is 5. The van der Waals surface area contributed by atoms with Gasteiger partial charge in [-0.2, -0.15) is 0 Å². The van der Waals surface area contributed by atoms with Gasteiger partial charge in [0.2, 0.25) is 0 Å². The second kappa shape index (κ2) is 8.78. The summed E-state index contributed by atoms with van der Waals surface area (Å²) < 4.78 is 5.46. The summed E-state index contributed by atoms with van der Waals surface area (Å²) in [6, 6.07) is 10.4. The Morgan fingerprint density at radius 2 is 2.00 bits per heavy atom. The van der Waals surface area contributed by atoms with Crippen molar-refractivity contribution in [1.82, 2.24) is 9.88 Å². The van der Waals surface area contributed by atoms with Gasteiger partial charge in [-0.1, -0.05) is 30.3 Å². The van der Waals surface area contributed by atoms with Gasteiger partial charge in [-0.05, 0) is 58.2 Å². The molecule has 3 rings (SSSR count). The summed E-state index contributed by atoms with van der Waals surface area (Å²) in [6.45, 7) is 7.19. The van der Waals surface area contributed by atoms with Crippen molar-refractivity contribution in [3.63, 3.8) is 0 Å². The fraction of sp³-hybridized carbons (Fsp3) is 0.524. The molecule has 0 amide bonds. The highest BCUT2D eigenvalue weighted by molar-refractivity contribution is 7.11. The summed E-state index contributed by atoms with van der Waals surface area (Å²) in [4.78, 5) is 20.8. The number of hydrogen-bond donors (Lipinski definition) is 0. The lowest BCUT2D eigenvalue weighted by molar-refractivity contribution is -0.159. The largest absolute Gasteiger partial charge is 0.466 e. The van der Waals surface area contributed by atoms with Gasteiger partial charge in [0.25, 0.3) is 0 Å². The van der Waals surface area contributed by atoms with Gasteiger partial charge in [0.15, 0.2) is 0 Å². The molecule has 0 aliphatic carbocycles. The Labute approximate surface area is 160 Å². The van der Waals surface area contributed by atoms with E-state index in [-0.39, 0.29) is 11.4 Å². The highest BCUT2D eigenvalue weighted by atomic mass is 32.1. The van der Waals surface area contributed by atoms with E-state index in [9.17, 15) is 4.79 Å². The van der Waals surface area contributed by atoms with E-state index >= 15 is 0 Å². The number of piperidine rings is 1. The number of likely N-dealkylation sites (tertiary alicyclic amines) is 1. The molecule has 140 valence electrons. The average molecular weight is 373 g/mol. The first kappa shape index (κ1) is 19.1. The van der Waals surface area contributed by atoms with Crippen molar-refractivity contribution in [2.45, 2.75) is 46.1 Å². The van der Waals surface area contributed by atoms with Gasteiger partial charge in [0.1, 0.15) is 0 Å². The first-order chi connectivity index (χ1) is 12.6. The number of thiazole rings is 1. The molecule has 1 saturated heterocycles. The van der Waals surface area contributed by atoms with Crippen LogP contribution in [0.2, 0.25) is 0 Å². The topological polar surface area (TPSA) is 42.4 Å². The normalized spacial score (nSPS) is 17.2. The predicted octanol–water partition coefficient (Wildman–Crippen LogP) is 4.23. The molecule has 0 bridgehead atoms. The third-order valence-corrected chi connectivity index (χ3v) is 6.20. The Hall–Kier alpha value is -1.72. The van der Waals surface area contributed by atoms with Crippen molar-refractivity contribution in [2.75, 3.05) is 19.7 Å². The molecule has 26 heavy (non-hydrogen) atoms. The lowest BCUT2D eigenvalue weighted by atomic mass is 9.74. The number of aromatic nitrogens is 1. The number of carbonyl (C=O) groups excluding carboxylic acids is 1. The summed E-state index contributed by atoms with van der Waals surface area (Å²) >= 11 is 1.76. The van der Waals surface area contributed by atoms with Crippen molar-refractivity contribution in [1.29, 1.82) is 0 Å². The van der Waals surface area contributed by atoms with Crippen LogP contribution in [0, 0.1) is 12.3 Å². The molecule has 0 radical (unpaired) electrons. The lowest BCUT2D eigenvalue weighted by Gasteiger charge is -2.40. The number of esters is 1. The molecule has 1 aromatic heterocycles. The second-order valence-corrected chi connectivity index (χ2v) is 8.43. The summed E-state index contributed by atoms with van der Waals surface area (Å²) in [5.41, 5.74) is 0.949. The average Bonchev–Trinajstić information content (AvgIpc) is 3.07. The zero-order chi connectivity index (χ0) is 18.4. The minimum atomic E-state index is -0.341. The van der Waals surface area contributed by atoms with Crippen LogP contribution < -0.4 is 0 Å². The van der Waals surface area contributed by atoms with E-state index < -0.39 is 0 Å². The van der Waals surface area contributed by atoms with Crippen LogP contribution in [0.15, 0.2) is 36.5 Å². The predicted molar refractivity (Wildman–Crippen MR) is 105 cm³/mol. The molecule has 1 fully saturated rings. The Balaban J connectivity index is 1.63. The monoisotopic (exact) mass is 372 g/mol. The van der Waals surface area contributed by atoms with E-state index in [1.165, 1.54) is 10.4 Å². The maximum absolute atomic E-state index is 12.8. The Kier molecular flexibility index (Phi) is 6.43. The van der Waals surface area contributed by atoms with E-state index in [0.717, 1.165) is 50.3 Å². The summed E-state index contributed by atoms with van der Waals surface area (Å²) in [5, 5.41) is 1.11. The fourth-order valence-corrected chi connectivity index (χ4v) is 4.54. The molecule has 5 heteroatoms. The standard InChI is InChI=1S/C21H28N2O2S/c1-3-25-20(24)21(10-9-18-7-5-4-6-8-18)11-13-23(14-12-21)16-19-15-22-17(2)26-19/h4-8,15H,3,9-14,16H2,1-2H3. The van der Waals surface area contributed by atoms with Crippen molar-refractivity contribution in [2.24, 2.45) is 5.41 Å². The number of benzene rings is 1. The highest BCUT2D eigenvalue weighted by Crippen LogP contribution is 2.38. The third-order valence-electron chi connectivity index (χ3n) is 5.31. The molecule has 4 nitrogen and oxygen atoms in total.